The number of rotatable bonds is 0. The van der Waals surface area contributed by atoms with Crippen LogP contribution in [0.3, 0.4) is 0 Å². The lowest BCUT2D eigenvalue weighted by molar-refractivity contribution is -0.0755. The molecule has 0 saturated carbocycles. The number of hydrogen-bond donors (Lipinski definition) is 1. The van der Waals surface area contributed by atoms with Gasteiger partial charge in [0.1, 0.15) is 14.2 Å². The number of hydrogen-bond acceptors (Lipinski definition) is 2. The predicted octanol–water partition coefficient (Wildman–Crippen LogP) is 1.36. The molecule has 0 aromatic carbocycles. The van der Waals surface area contributed by atoms with Crippen molar-refractivity contribution in [3.8, 4) is 11.5 Å². The molecule has 68 valence electrons. The monoisotopic (exact) mass is 184 g/mol. The average Bonchev–Trinajstić information content (AvgIpc) is 2.30. The van der Waals surface area contributed by atoms with Gasteiger partial charge in [0.15, 0.2) is 6.29 Å². The fourth-order valence-corrected chi connectivity index (χ4v) is 1.62. The molecule has 1 fully saturated rings. The van der Waals surface area contributed by atoms with E-state index < -0.39 is 14.4 Å². The van der Waals surface area contributed by atoms with Crippen molar-refractivity contribution in [2.75, 3.05) is 0 Å². The highest BCUT2D eigenvalue weighted by Gasteiger charge is 2.21. The molecule has 3 heteroatoms. The summed E-state index contributed by atoms with van der Waals surface area (Å²) in [5, 5.41) is 9.05. The van der Waals surface area contributed by atoms with E-state index in [0.29, 0.717) is 0 Å². The normalized spacial score (nSPS) is 29.7. The second kappa shape index (κ2) is 3.61. The summed E-state index contributed by atoms with van der Waals surface area (Å²) in [6.45, 7) is 6.60. The highest BCUT2D eigenvalue weighted by atomic mass is 28.3. The standard InChI is InChI=1S/C9H16O2Si/c1-12(2,3)7-6-8-4-5-9(10)11-8/h8-10H,4-5H2,1-3H3. The van der Waals surface area contributed by atoms with Crippen molar-refractivity contribution in [1.82, 2.24) is 0 Å². The predicted molar refractivity (Wildman–Crippen MR) is 51.2 cm³/mol. The van der Waals surface area contributed by atoms with Crippen molar-refractivity contribution < 1.29 is 9.84 Å². The van der Waals surface area contributed by atoms with Gasteiger partial charge in [-0.2, -0.15) is 0 Å². The van der Waals surface area contributed by atoms with Gasteiger partial charge in [-0.15, -0.1) is 5.54 Å². The summed E-state index contributed by atoms with van der Waals surface area (Å²) in [7, 11) is -1.27. The summed E-state index contributed by atoms with van der Waals surface area (Å²) in [5.41, 5.74) is 3.24. The third-order valence-corrected chi connectivity index (χ3v) is 2.50. The van der Waals surface area contributed by atoms with Crippen LogP contribution in [0.15, 0.2) is 0 Å². The first kappa shape index (κ1) is 9.78. The van der Waals surface area contributed by atoms with Gasteiger partial charge in [-0.25, -0.2) is 0 Å². The second-order valence-electron chi connectivity index (χ2n) is 4.18. The second-order valence-corrected chi connectivity index (χ2v) is 8.93. The molecular formula is C9H16O2Si. The minimum atomic E-state index is -1.27. The van der Waals surface area contributed by atoms with Crippen molar-refractivity contribution in [1.29, 1.82) is 0 Å². The minimum Gasteiger partial charge on any atom is -0.368 e. The fraction of sp³-hybridized carbons (Fsp3) is 0.778. The Morgan fingerprint density at radius 3 is 2.42 bits per heavy atom. The first-order chi connectivity index (χ1) is 5.47. The topological polar surface area (TPSA) is 29.5 Å². The van der Waals surface area contributed by atoms with Crippen molar-refractivity contribution >= 4 is 8.07 Å². The van der Waals surface area contributed by atoms with Gasteiger partial charge in [0.05, 0.1) is 0 Å². The Bertz CT molecular complexity index is 209. The molecule has 0 aliphatic carbocycles. The summed E-state index contributed by atoms with van der Waals surface area (Å²) < 4.78 is 5.16. The van der Waals surface area contributed by atoms with Crippen LogP contribution in [0.25, 0.3) is 0 Å². The van der Waals surface area contributed by atoms with Gasteiger partial charge in [0, 0.05) is 6.42 Å². The quantitative estimate of drug-likeness (QED) is 0.455. The Hall–Kier alpha value is -0.303. The van der Waals surface area contributed by atoms with Gasteiger partial charge in [0.25, 0.3) is 0 Å². The summed E-state index contributed by atoms with van der Waals surface area (Å²) in [6.07, 6.45) is 1.00. The van der Waals surface area contributed by atoms with Crippen LogP contribution in [0.5, 0.6) is 0 Å². The minimum absolute atomic E-state index is 0.0216. The van der Waals surface area contributed by atoms with Gasteiger partial charge >= 0.3 is 0 Å². The fourth-order valence-electron chi connectivity index (χ4n) is 1.02. The largest absolute Gasteiger partial charge is 0.368 e. The molecule has 1 N–H and O–H groups in total. The molecule has 2 nitrogen and oxygen atoms in total. The van der Waals surface area contributed by atoms with E-state index in [1.54, 1.807) is 0 Å². The molecule has 1 rings (SSSR count). The van der Waals surface area contributed by atoms with E-state index in [1.807, 2.05) is 0 Å². The summed E-state index contributed by atoms with van der Waals surface area (Å²) in [5.74, 6) is 3.08. The Morgan fingerprint density at radius 2 is 2.00 bits per heavy atom. The lowest BCUT2D eigenvalue weighted by Crippen LogP contribution is -2.18. The Labute approximate surface area is 74.9 Å². The molecule has 1 heterocycles. The van der Waals surface area contributed by atoms with Crippen molar-refractivity contribution in [3.63, 3.8) is 0 Å². The van der Waals surface area contributed by atoms with Gasteiger partial charge in [-0.3, -0.25) is 0 Å². The molecule has 0 spiro atoms. The molecule has 0 amide bonds. The van der Waals surface area contributed by atoms with E-state index >= 15 is 0 Å². The molecule has 1 aliphatic rings. The third kappa shape index (κ3) is 3.40. The molecule has 12 heavy (non-hydrogen) atoms. The zero-order chi connectivity index (χ0) is 9.19. The van der Waals surface area contributed by atoms with Crippen LogP contribution in [0.2, 0.25) is 19.6 Å². The lowest BCUT2D eigenvalue weighted by atomic mass is 10.2. The smallest absolute Gasteiger partial charge is 0.156 e. The Kier molecular flexibility index (Phi) is 2.94. The molecule has 0 radical (unpaired) electrons. The molecule has 0 aromatic heterocycles. The van der Waals surface area contributed by atoms with E-state index in [9.17, 15) is 0 Å². The molecular weight excluding hydrogens is 168 g/mol. The van der Waals surface area contributed by atoms with Crippen LogP contribution in [-0.4, -0.2) is 25.6 Å². The molecule has 1 aliphatic heterocycles. The maximum absolute atomic E-state index is 9.05. The number of aliphatic hydroxyl groups is 1. The van der Waals surface area contributed by atoms with Crippen LogP contribution in [-0.2, 0) is 4.74 Å². The van der Waals surface area contributed by atoms with Crippen LogP contribution in [0.4, 0.5) is 0 Å². The summed E-state index contributed by atoms with van der Waals surface area (Å²) >= 11 is 0. The van der Waals surface area contributed by atoms with Crippen LogP contribution in [0.1, 0.15) is 12.8 Å². The Morgan fingerprint density at radius 1 is 1.33 bits per heavy atom. The SMILES string of the molecule is C[Si](C)(C)C#CC1CCC(O)O1. The van der Waals surface area contributed by atoms with Crippen LogP contribution >= 0.6 is 0 Å². The molecule has 0 bridgehead atoms. The zero-order valence-electron chi connectivity index (χ0n) is 7.92. The number of ether oxygens (including phenoxy) is 1. The number of aliphatic hydroxyl groups excluding tert-OH is 1. The summed E-state index contributed by atoms with van der Waals surface area (Å²) in [4.78, 5) is 0. The molecule has 2 atom stereocenters. The van der Waals surface area contributed by atoms with E-state index in [4.69, 9.17) is 9.84 Å². The average molecular weight is 184 g/mol. The highest BCUT2D eigenvalue weighted by molar-refractivity contribution is 6.83. The van der Waals surface area contributed by atoms with Crippen LogP contribution in [0, 0.1) is 11.5 Å². The lowest BCUT2D eigenvalue weighted by Gasteiger charge is -2.06. The van der Waals surface area contributed by atoms with E-state index in [0.717, 1.165) is 12.8 Å². The Balaban J connectivity index is 2.45. The van der Waals surface area contributed by atoms with E-state index in [1.165, 1.54) is 0 Å². The van der Waals surface area contributed by atoms with E-state index in [2.05, 4.69) is 31.1 Å². The highest BCUT2D eigenvalue weighted by Crippen LogP contribution is 2.16. The van der Waals surface area contributed by atoms with Crippen molar-refractivity contribution in [3.05, 3.63) is 0 Å². The van der Waals surface area contributed by atoms with Gasteiger partial charge < -0.3 is 9.84 Å². The maximum atomic E-state index is 9.05. The van der Waals surface area contributed by atoms with Gasteiger partial charge in [0.2, 0.25) is 0 Å². The molecule has 2 unspecified atom stereocenters. The first-order valence-electron chi connectivity index (χ1n) is 4.33. The van der Waals surface area contributed by atoms with Crippen molar-refractivity contribution in [2.24, 2.45) is 0 Å². The van der Waals surface area contributed by atoms with E-state index in [-0.39, 0.29) is 6.10 Å². The molecule has 0 aromatic rings. The van der Waals surface area contributed by atoms with Crippen LogP contribution < -0.4 is 0 Å². The first-order valence-corrected chi connectivity index (χ1v) is 7.83. The van der Waals surface area contributed by atoms with Gasteiger partial charge in [-0.05, 0) is 6.42 Å². The maximum Gasteiger partial charge on any atom is 0.156 e. The third-order valence-electron chi connectivity index (χ3n) is 1.61. The summed E-state index contributed by atoms with van der Waals surface area (Å²) in [6, 6.07) is 0. The zero-order valence-corrected chi connectivity index (χ0v) is 8.92. The van der Waals surface area contributed by atoms with Crippen molar-refractivity contribution in [2.45, 2.75) is 44.9 Å². The van der Waals surface area contributed by atoms with Gasteiger partial charge in [-0.1, -0.05) is 25.6 Å². The molecule has 1 saturated heterocycles.